The molecular formula is C24H24ClN5O2. The quantitative estimate of drug-likeness (QED) is 0.338. The van der Waals surface area contributed by atoms with Gasteiger partial charge in [0.1, 0.15) is 12.1 Å². The molecule has 164 valence electrons. The lowest BCUT2D eigenvalue weighted by Crippen LogP contribution is -2.12. The maximum atomic E-state index is 11.5. The number of anilines is 2. The van der Waals surface area contributed by atoms with Crippen molar-refractivity contribution < 1.29 is 9.90 Å². The van der Waals surface area contributed by atoms with Crippen molar-refractivity contribution in [2.45, 2.75) is 20.4 Å². The van der Waals surface area contributed by atoms with E-state index in [-0.39, 0.29) is 5.56 Å². The average Bonchev–Trinajstić information content (AvgIpc) is 3.11. The van der Waals surface area contributed by atoms with Gasteiger partial charge in [-0.1, -0.05) is 23.7 Å². The Kier molecular flexibility index (Phi) is 6.28. The van der Waals surface area contributed by atoms with E-state index >= 15 is 0 Å². The van der Waals surface area contributed by atoms with Crippen molar-refractivity contribution in [2.75, 3.05) is 23.7 Å². The van der Waals surface area contributed by atoms with E-state index in [4.69, 9.17) is 11.6 Å². The highest BCUT2D eigenvalue weighted by Gasteiger charge is 2.12. The second-order valence-corrected chi connectivity index (χ2v) is 7.83. The van der Waals surface area contributed by atoms with E-state index in [0.717, 1.165) is 33.7 Å². The zero-order valence-electron chi connectivity index (χ0n) is 17.9. The fourth-order valence-electron chi connectivity index (χ4n) is 3.81. The second-order valence-electron chi connectivity index (χ2n) is 7.42. The number of hydrogen-bond donors (Lipinski definition) is 3. The molecule has 2 aromatic heterocycles. The van der Waals surface area contributed by atoms with Crippen LogP contribution in [0.15, 0.2) is 54.9 Å². The third-order valence-corrected chi connectivity index (χ3v) is 5.65. The molecule has 4 aromatic rings. The van der Waals surface area contributed by atoms with Crippen molar-refractivity contribution in [3.05, 3.63) is 71.1 Å². The lowest BCUT2D eigenvalue weighted by Gasteiger charge is -2.12. The molecule has 32 heavy (non-hydrogen) atoms. The van der Waals surface area contributed by atoms with Crippen LogP contribution in [0.4, 0.5) is 11.5 Å². The predicted octanol–water partition coefficient (Wildman–Crippen LogP) is 5.30. The zero-order valence-corrected chi connectivity index (χ0v) is 18.6. The Bertz CT molecular complexity index is 1280. The number of rotatable bonds is 8. The Balaban J connectivity index is 1.51. The van der Waals surface area contributed by atoms with Crippen molar-refractivity contribution in [1.82, 2.24) is 14.5 Å². The Morgan fingerprint density at radius 3 is 2.75 bits per heavy atom. The van der Waals surface area contributed by atoms with Crippen LogP contribution in [-0.2, 0) is 6.54 Å². The van der Waals surface area contributed by atoms with Crippen LogP contribution < -0.4 is 10.6 Å². The van der Waals surface area contributed by atoms with Gasteiger partial charge in [-0.25, -0.2) is 14.8 Å². The summed E-state index contributed by atoms with van der Waals surface area (Å²) in [5.41, 5.74) is 4.59. The van der Waals surface area contributed by atoms with Gasteiger partial charge in [0.2, 0.25) is 0 Å². The minimum absolute atomic E-state index is 0.234. The Morgan fingerprint density at radius 1 is 1.12 bits per heavy atom. The predicted molar refractivity (Wildman–Crippen MR) is 129 cm³/mol. The van der Waals surface area contributed by atoms with Gasteiger partial charge in [-0.3, -0.25) is 0 Å². The molecule has 0 aliphatic heterocycles. The van der Waals surface area contributed by atoms with E-state index in [0.29, 0.717) is 30.3 Å². The third kappa shape index (κ3) is 4.38. The normalized spacial score (nSPS) is 11.0. The van der Waals surface area contributed by atoms with Gasteiger partial charge < -0.3 is 20.3 Å². The molecule has 3 N–H and O–H groups in total. The van der Waals surface area contributed by atoms with Gasteiger partial charge in [-0.15, -0.1) is 0 Å². The van der Waals surface area contributed by atoms with Crippen LogP contribution in [-0.4, -0.2) is 38.7 Å². The number of nitrogens with zero attached hydrogens (tertiary/aromatic N) is 3. The number of hydrogen-bond acceptors (Lipinski definition) is 5. The third-order valence-electron chi connectivity index (χ3n) is 5.32. The number of aromatic carboxylic acids is 1. The van der Waals surface area contributed by atoms with Crippen LogP contribution in [0.25, 0.3) is 22.2 Å². The van der Waals surface area contributed by atoms with Crippen molar-refractivity contribution in [1.29, 1.82) is 0 Å². The summed E-state index contributed by atoms with van der Waals surface area (Å²) in [5.74, 6) is -0.263. The highest BCUT2D eigenvalue weighted by Crippen LogP contribution is 2.27. The molecule has 0 spiro atoms. The molecule has 0 aliphatic carbocycles. The molecule has 0 aliphatic rings. The number of benzene rings is 2. The van der Waals surface area contributed by atoms with E-state index in [9.17, 15) is 9.90 Å². The molecular weight excluding hydrogens is 426 g/mol. The standard InChI is InChI=1S/C24H24ClN5O2/c1-3-26-21-12-16(7-8-17(21)24(31)32)20-13-23(29-14-28-20)27-9-10-30-15(2)11-18-19(25)5-4-6-22(18)30/h4-8,11-14,26H,3,9-10H2,1-2H3,(H,31,32)(H,27,28,29). The number of fused-ring (bicyclic) bond motifs is 1. The van der Waals surface area contributed by atoms with E-state index in [1.54, 1.807) is 18.2 Å². The number of aryl methyl sites for hydroxylation is 1. The fraction of sp³-hybridized carbons (Fsp3) is 0.208. The van der Waals surface area contributed by atoms with Gasteiger partial charge in [0.05, 0.1) is 11.3 Å². The zero-order chi connectivity index (χ0) is 22.7. The molecule has 0 atom stereocenters. The van der Waals surface area contributed by atoms with Gasteiger partial charge in [-0.05, 0) is 44.2 Å². The maximum absolute atomic E-state index is 11.5. The van der Waals surface area contributed by atoms with Gasteiger partial charge in [0.25, 0.3) is 0 Å². The molecule has 0 amide bonds. The lowest BCUT2D eigenvalue weighted by atomic mass is 10.1. The average molecular weight is 450 g/mol. The summed E-state index contributed by atoms with van der Waals surface area (Å²) in [6.07, 6.45) is 1.51. The molecule has 0 fully saturated rings. The van der Waals surface area contributed by atoms with Crippen LogP contribution in [0.3, 0.4) is 0 Å². The van der Waals surface area contributed by atoms with Crippen LogP contribution in [0, 0.1) is 6.92 Å². The molecule has 0 radical (unpaired) electrons. The summed E-state index contributed by atoms with van der Waals surface area (Å²) in [7, 11) is 0. The molecule has 0 unspecified atom stereocenters. The van der Waals surface area contributed by atoms with Crippen LogP contribution in [0.5, 0.6) is 0 Å². The van der Waals surface area contributed by atoms with Gasteiger partial charge in [-0.2, -0.15) is 0 Å². The van der Waals surface area contributed by atoms with Crippen LogP contribution in [0.1, 0.15) is 23.0 Å². The highest BCUT2D eigenvalue weighted by atomic mass is 35.5. The largest absolute Gasteiger partial charge is 0.478 e. The molecule has 4 rings (SSSR count). The highest BCUT2D eigenvalue weighted by molar-refractivity contribution is 6.35. The van der Waals surface area contributed by atoms with Gasteiger partial charge in [0, 0.05) is 58.6 Å². The van der Waals surface area contributed by atoms with Crippen molar-refractivity contribution in [2.24, 2.45) is 0 Å². The van der Waals surface area contributed by atoms with E-state index in [2.05, 4.69) is 44.2 Å². The number of halogens is 1. The molecule has 7 nitrogen and oxygen atoms in total. The maximum Gasteiger partial charge on any atom is 0.337 e. The molecule has 0 saturated carbocycles. The SMILES string of the molecule is CCNc1cc(-c2cc(NCCn3c(C)cc4c(Cl)cccc43)ncn2)ccc1C(=O)O. The number of aromatic nitrogens is 3. The van der Waals surface area contributed by atoms with E-state index in [1.807, 2.05) is 25.1 Å². The molecule has 8 heteroatoms. The first kappa shape index (κ1) is 21.6. The molecule has 2 aromatic carbocycles. The van der Waals surface area contributed by atoms with Crippen LogP contribution in [0.2, 0.25) is 5.02 Å². The Labute approximate surface area is 191 Å². The monoisotopic (exact) mass is 449 g/mol. The summed E-state index contributed by atoms with van der Waals surface area (Å²) in [5, 5.41) is 17.7. The minimum Gasteiger partial charge on any atom is -0.478 e. The fourth-order valence-corrected chi connectivity index (χ4v) is 4.04. The van der Waals surface area contributed by atoms with Crippen LogP contribution >= 0.6 is 11.6 Å². The van der Waals surface area contributed by atoms with Gasteiger partial charge in [0.15, 0.2) is 0 Å². The summed E-state index contributed by atoms with van der Waals surface area (Å²) in [6, 6.07) is 15.1. The summed E-state index contributed by atoms with van der Waals surface area (Å²) >= 11 is 6.32. The van der Waals surface area contributed by atoms with Crippen molar-refractivity contribution >= 4 is 40.0 Å². The number of nitrogens with one attached hydrogen (secondary N) is 2. The number of carboxylic acid groups (broad SMARTS) is 1. The summed E-state index contributed by atoms with van der Waals surface area (Å²) in [4.78, 5) is 20.1. The Hall–Kier alpha value is -3.58. The van der Waals surface area contributed by atoms with E-state index in [1.165, 1.54) is 6.33 Å². The van der Waals surface area contributed by atoms with Crippen molar-refractivity contribution in [3.8, 4) is 11.3 Å². The second kappa shape index (κ2) is 9.28. The summed E-state index contributed by atoms with van der Waals surface area (Å²) in [6.45, 7) is 6.05. The first-order chi connectivity index (χ1) is 15.5. The number of carboxylic acids is 1. The lowest BCUT2D eigenvalue weighted by molar-refractivity contribution is 0.0698. The van der Waals surface area contributed by atoms with E-state index < -0.39 is 5.97 Å². The van der Waals surface area contributed by atoms with Gasteiger partial charge >= 0.3 is 5.97 Å². The Morgan fingerprint density at radius 2 is 1.97 bits per heavy atom. The topological polar surface area (TPSA) is 92.1 Å². The first-order valence-corrected chi connectivity index (χ1v) is 10.8. The molecule has 0 bridgehead atoms. The van der Waals surface area contributed by atoms with Crippen molar-refractivity contribution in [3.63, 3.8) is 0 Å². The first-order valence-electron chi connectivity index (χ1n) is 10.4. The minimum atomic E-state index is -0.966. The number of carbonyl (C=O) groups is 1. The summed E-state index contributed by atoms with van der Waals surface area (Å²) < 4.78 is 2.23. The molecule has 0 saturated heterocycles. The smallest absolute Gasteiger partial charge is 0.337 e. The molecule has 2 heterocycles.